The molecule has 2 fully saturated rings. The average Bonchev–Trinajstić information content (AvgIpc) is 2.82. The maximum atomic E-state index is 12.3. The number of aromatic nitrogens is 1. The Hall–Kier alpha value is -1.62. The van der Waals surface area contributed by atoms with Crippen LogP contribution in [0, 0.1) is 6.92 Å². The minimum atomic E-state index is -0.305. The summed E-state index contributed by atoms with van der Waals surface area (Å²) in [5, 5.41) is 3.05. The monoisotopic (exact) mass is 275 g/mol. The molecule has 1 aromatic heterocycles. The van der Waals surface area contributed by atoms with Crippen LogP contribution in [0.4, 0.5) is 0 Å². The molecule has 0 aliphatic carbocycles. The zero-order valence-corrected chi connectivity index (χ0v) is 11.8. The first-order chi connectivity index (χ1) is 9.65. The van der Waals surface area contributed by atoms with Crippen LogP contribution in [0.1, 0.15) is 41.7 Å². The SMILES string of the molecule is Cc1ccc(C(=O)N[C@@H]2CCN3CCCC[C@H]23)c(=O)[nH]1. The van der Waals surface area contributed by atoms with Crippen LogP contribution in [-0.2, 0) is 0 Å². The van der Waals surface area contributed by atoms with Crippen LogP contribution in [0.5, 0.6) is 0 Å². The molecular weight excluding hydrogens is 254 g/mol. The van der Waals surface area contributed by atoms with E-state index in [1.807, 2.05) is 0 Å². The van der Waals surface area contributed by atoms with E-state index >= 15 is 0 Å². The maximum Gasteiger partial charge on any atom is 0.260 e. The van der Waals surface area contributed by atoms with Gasteiger partial charge in [0, 0.05) is 24.3 Å². The first-order valence-corrected chi connectivity index (χ1v) is 7.40. The van der Waals surface area contributed by atoms with Crippen LogP contribution in [0.3, 0.4) is 0 Å². The van der Waals surface area contributed by atoms with E-state index in [2.05, 4.69) is 15.2 Å². The number of rotatable bonds is 2. The van der Waals surface area contributed by atoms with Crippen LogP contribution >= 0.6 is 0 Å². The second-order valence-corrected chi connectivity index (χ2v) is 5.85. The van der Waals surface area contributed by atoms with E-state index < -0.39 is 0 Å². The number of fused-ring (bicyclic) bond motifs is 1. The molecule has 20 heavy (non-hydrogen) atoms. The number of hydrogen-bond donors (Lipinski definition) is 2. The van der Waals surface area contributed by atoms with E-state index in [-0.39, 0.29) is 23.1 Å². The summed E-state index contributed by atoms with van der Waals surface area (Å²) in [6.07, 6.45) is 4.63. The molecule has 0 spiro atoms. The topological polar surface area (TPSA) is 65.2 Å². The Bertz CT molecular complexity index is 566. The van der Waals surface area contributed by atoms with Gasteiger partial charge in [-0.15, -0.1) is 0 Å². The van der Waals surface area contributed by atoms with Gasteiger partial charge < -0.3 is 10.3 Å². The molecule has 108 valence electrons. The third-order valence-electron chi connectivity index (χ3n) is 4.47. The summed E-state index contributed by atoms with van der Waals surface area (Å²) in [5.74, 6) is -0.247. The van der Waals surface area contributed by atoms with Crippen molar-refractivity contribution in [3.63, 3.8) is 0 Å². The van der Waals surface area contributed by atoms with E-state index in [9.17, 15) is 9.59 Å². The fourth-order valence-electron chi connectivity index (χ4n) is 3.41. The van der Waals surface area contributed by atoms with E-state index in [1.54, 1.807) is 19.1 Å². The molecule has 2 aliphatic heterocycles. The fourth-order valence-corrected chi connectivity index (χ4v) is 3.41. The molecule has 1 amide bonds. The zero-order chi connectivity index (χ0) is 14.1. The third kappa shape index (κ3) is 2.50. The predicted molar refractivity (Wildman–Crippen MR) is 76.9 cm³/mol. The minimum Gasteiger partial charge on any atom is -0.348 e. The normalized spacial score (nSPS) is 26.2. The van der Waals surface area contributed by atoms with Crippen molar-refractivity contribution in [2.45, 2.75) is 44.7 Å². The van der Waals surface area contributed by atoms with Gasteiger partial charge in [0.05, 0.1) is 0 Å². The van der Waals surface area contributed by atoms with Crippen LogP contribution in [-0.4, -0.2) is 41.0 Å². The highest BCUT2D eigenvalue weighted by Crippen LogP contribution is 2.27. The first-order valence-electron chi connectivity index (χ1n) is 7.40. The van der Waals surface area contributed by atoms with E-state index in [0.717, 1.165) is 31.6 Å². The number of aromatic amines is 1. The van der Waals surface area contributed by atoms with Crippen molar-refractivity contribution in [1.82, 2.24) is 15.2 Å². The summed E-state index contributed by atoms with van der Waals surface area (Å²) in [7, 11) is 0. The highest BCUT2D eigenvalue weighted by molar-refractivity contribution is 5.94. The summed E-state index contributed by atoms with van der Waals surface area (Å²) in [5.41, 5.74) is 0.678. The van der Waals surface area contributed by atoms with Crippen LogP contribution in [0.15, 0.2) is 16.9 Å². The number of carbonyl (C=O) groups excluding carboxylic acids is 1. The molecule has 5 nitrogen and oxygen atoms in total. The Labute approximate surface area is 118 Å². The number of nitrogens with one attached hydrogen (secondary N) is 2. The maximum absolute atomic E-state index is 12.3. The van der Waals surface area contributed by atoms with Gasteiger partial charge in [0.15, 0.2) is 0 Å². The van der Waals surface area contributed by atoms with Crippen molar-refractivity contribution < 1.29 is 4.79 Å². The van der Waals surface area contributed by atoms with Crippen molar-refractivity contribution in [3.8, 4) is 0 Å². The highest BCUT2D eigenvalue weighted by atomic mass is 16.2. The Morgan fingerprint density at radius 1 is 1.30 bits per heavy atom. The molecule has 1 aromatic rings. The number of hydrogen-bond acceptors (Lipinski definition) is 3. The summed E-state index contributed by atoms with van der Waals surface area (Å²) < 4.78 is 0. The lowest BCUT2D eigenvalue weighted by Crippen LogP contribution is -2.47. The van der Waals surface area contributed by atoms with Gasteiger partial charge in [0.25, 0.3) is 11.5 Å². The second-order valence-electron chi connectivity index (χ2n) is 5.85. The predicted octanol–water partition coefficient (Wildman–Crippen LogP) is 1.04. The van der Waals surface area contributed by atoms with E-state index in [4.69, 9.17) is 0 Å². The number of amides is 1. The molecule has 0 unspecified atom stereocenters. The molecule has 0 aromatic carbocycles. The van der Waals surface area contributed by atoms with E-state index in [1.165, 1.54) is 12.8 Å². The second kappa shape index (κ2) is 5.40. The lowest BCUT2D eigenvalue weighted by Gasteiger charge is -2.32. The summed E-state index contributed by atoms with van der Waals surface area (Å²) in [6.45, 7) is 4.00. The quantitative estimate of drug-likeness (QED) is 0.847. The van der Waals surface area contributed by atoms with Gasteiger partial charge in [-0.3, -0.25) is 14.5 Å². The first kappa shape index (κ1) is 13.4. The van der Waals surface area contributed by atoms with Crippen molar-refractivity contribution in [2.75, 3.05) is 13.1 Å². The van der Waals surface area contributed by atoms with Crippen LogP contribution < -0.4 is 10.9 Å². The number of aryl methyl sites for hydroxylation is 1. The number of nitrogens with zero attached hydrogens (tertiary/aromatic N) is 1. The highest BCUT2D eigenvalue weighted by Gasteiger charge is 2.36. The smallest absolute Gasteiger partial charge is 0.260 e. The summed E-state index contributed by atoms with van der Waals surface area (Å²) in [4.78, 5) is 29.2. The largest absolute Gasteiger partial charge is 0.348 e. The molecule has 0 bridgehead atoms. The van der Waals surface area contributed by atoms with Crippen molar-refractivity contribution in [3.05, 3.63) is 33.7 Å². The standard InChI is InChI=1S/C15H21N3O2/c1-10-5-6-11(14(19)16-10)15(20)17-12-7-9-18-8-3-2-4-13(12)18/h5-6,12-13H,2-4,7-9H2,1H3,(H,16,19)(H,17,20)/t12-,13-/m1/s1. The minimum absolute atomic E-state index is 0.184. The molecule has 2 atom stereocenters. The fraction of sp³-hybridized carbons (Fsp3) is 0.600. The number of carbonyl (C=O) groups is 1. The molecule has 3 rings (SSSR count). The number of H-pyrrole nitrogens is 1. The van der Waals surface area contributed by atoms with Crippen LogP contribution in [0.2, 0.25) is 0 Å². The Kier molecular flexibility index (Phi) is 3.61. The molecular formula is C15H21N3O2. The van der Waals surface area contributed by atoms with Gasteiger partial charge in [0.2, 0.25) is 0 Å². The van der Waals surface area contributed by atoms with Gasteiger partial charge >= 0.3 is 0 Å². The Morgan fingerprint density at radius 3 is 2.95 bits per heavy atom. The zero-order valence-electron chi connectivity index (χ0n) is 11.8. The van der Waals surface area contributed by atoms with Gasteiger partial charge in [-0.05, 0) is 44.9 Å². The Balaban J connectivity index is 1.71. The van der Waals surface area contributed by atoms with Crippen molar-refractivity contribution >= 4 is 5.91 Å². The van der Waals surface area contributed by atoms with E-state index in [0.29, 0.717) is 6.04 Å². The van der Waals surface area contributed by atoms with Crippen molar-refractivity contribution in [1.29, 1.82) is 0 Å². The van der Waals surface area contributed by atoms with Gasteiger partial charge in [0.1, 0.15) is 5.56 Å². The van der Waals surface area contributed by atoms with Gasteiger partial charge in [-0.25, -0.2) is 0 Å². The number of piperidine rings is 1. The average molecular weight is 275 g/mol. The molecule has 2 aliphatic rings. The van der Waals surface area contributed by atoms with Gasteiger partial charge in [-0.2, -0.15) is 0 Å². The molecule has 5 heteroatoms. The summed E-state index contributed by atoms with van der Waals surface area (Å²) >= 11 is 0. The Morgan fingerprint density at radius 2 is 2.15 bits per heavy atom. The molecule has 2 saturated heterocycles. The lowest BCUT2D eigenvalue weighted by molar-refractivity contribution is 0.0914. The lowest BCUT2D eigenvalue weighted by atomic mass is 9.99. The van der Waals surface area contributed by atoms with Crippen molar-refractivity contribution in [2.24, 2.45) is 0 Å². The molecule has 0 saturated carbocycles. The molecule has 3 heterocycles. The molecule has 0 radical (unpaired) electrons. The van der Waals surface area contributed by atoms with Crippen LogP contribution in [0.25, 0.3) is 0 Å². The van der Waals surface area contributed by atoms with Gasteiger partial charge in [-0.1, -0.05) is 6.42 Å². The number of pyridine rings is 1. The summed E-state index contributed by atoms with van der Waals surface area (Å²) in [6, 6.07) is 4.01. The molecule has 2 N–H and O–H groups in total. The third-order valence-corrected chi connectivity index (χ3v) is 4.47.